The van der Waals surface area contributed by atoms with Crippen molar-refractivity contribution >= 4 is 55.6 Å². The monoisotopic (exact) mass is 764 g/mol. The number of carbonyl (C=O) groups excluding carboxylic acids is 4. The molecule has 2 aromatic carbocycles. The number of rotatable bonds is 11. The van der Waals surface area contributed by atoms with Gasteiger partial charge in [0, 0.05) is 28.4 Å². The van der Waals surface area contributed by atoms with E-state index < -0.39 is 59.1 Å². The van der Waals surface area contributed by atoms with Gasteiger partial charge in [-0.05, 0) is 47.2 Å². The van der Waals surface area contributed by atoms with E-state index in [1.807, 2.05) is 36.4 Å². The Hall–Kier alpha value is -2.84. The molecule has 0 aliphatic carbocycles. The summed E-state index contributed by atoms with van der Waals surface area (Å²) in [6.07, 6.45) is -1.23. The van der Waals surface area contributed by atoms with Crippen molar-refractivity contribution in [2.24, 2.45) is 17.6 Å². The Morgan fingerprint density at radius 2 is 1.26 bits per heavy atom. The fourth-order valence-electron chi connectivity index (χ4n) is 5.94. The first-order valence-corrected chi connectivity index (χ1v) is 16.9. The van der Waals surface area contributed by atoms with Crippen molar-refractivity contribution in [3.63, 3.8) is 0 Å². The zero-order valence-corrected chi connectivity index (χ0v) is 29.8. The van der Waals surface area contributed by atoms with Crippen molar-refractivity contribution in [3.05, 3.63) is 68.6 Å². The van der Waals surface area contributed by atoms with Crippen molar-refractivity contribution in [3.8, 4) is 0 Å². The lowest BCUT2D eigenvalue weighted by Gasteiger charge is -2.38. The van der Waals surface area contributed by atoms with E-state index >= 15 is 0 Å². The van der Waals surface area contributed by atoms with Crippen LogP contribution in [0.5, 0.6) is 0 Å². The zero-order chi connectivity index (χ0) is 33.8. The lowest BCUT2D eigenvalue weighted by Crippen LogP contribution is -2.67. The second-order valence-electron chi connectivity index (χ2n) is 12.5. The standard InChI is InChI=1S/C33H42Br2N4O7/c1-18(2)24(37-30(42)32(36)14-16-45-26(32)20-6-10-22(34)11-7-20)28(40)39-33(31(43)38-25(19(3)4)29(41)44-5)15-17-46-27(33)21-8-12-23(35)13-9-21/h6-13,18-19,24-27H,14-17,36H2,1-5H3,(H,37,42)(H,38,43)(H,39,40)/t24-,25-,26+,27+,32-,33-/m0/s1. The predicted octanol–water partition coefficient (Wildman–Crippen LogP) is 3.84. The third kappa shape index (κ3) is 7.49. The van der Waals surface area contributed by atoms with Crippen LogP contribution in [0.2, 0.25) is 0 Å². The highest BCUT2D eigenvalue weighted by molar-refractivity contribution is 9.10. The van der Waals surface area contributed by atoms with Crippen molar-refractivity contribution in [1.29, 1.82) is 0 Å². The van der Waals surface area contributed by atoms with E-state index in [9.17, 15) is 19.2 Å². The van der Waals surface area contributed by atoms with Crippen molar-refractivity contribution in [2.75, 3.05) is 20.3 Å². The van der Waals surface area contributed by atoms with Gasteiger partial charge in [0.05, 0.1) is 13.7 Å². The molecule has 11 nitrogen and oxygen atoms in total. The van der Waals surface area contributed by atoms with Gasteiger partial charge in [0.15, 0.2) is 5.54 Å². The highest BCUT2D eigenvalue weighted by Crippen LogP contribution is 2.40. The largest absolute Gasteiger partial charge is 0.467 e. The van der Waals surface area contributed by atoms with Gasteiger partial charge in [-0.25, -0.2) is 4.79 Å². The van der Waals surface area contributed by atoms with Gasteiger partial charge in [-0.15, -0.1) is 0 Å². The molecule has 5 N–H and O–H groups in total. The molecular weight excluding hydrogens is 724 g/mol. The van der Waals surface area contributed by atoms with Crippen LogP contribution in [0.3, 0.4) is 0 Å². The van der Waals surface area contributed by atoms with Gasteiger partial charge in [0.2, 0.25) is 17.7 Å². The maximum absolute atomic E-state index is 14.2. The Labute approximate surface area is 286 Å². The Kier molecular flexibility index (Phi) is 11.7. The summed E-state index contributed by atoms with van der Waals surface area (Å²) < 4.78 is 18.7. The number of benzene rings is 2. The number of esters is 1. The number of nitrogens with two attached hydrogens (primary N) is 1. The molecule has 2 aromatic rings. The van der Waals surface area contributed by atoms with Crippen LogP contribution < -0.4 is 21.7 Å². The van der Waals surface area contributed by atoms with E-state index in [2.05, 4.69) is 47.8 Å². The number of methoxy groups -OCH3 is 1. The number of nitrogens with one attached hydrogen (secondary N) is 3. The summed E-state index contributed by atoms with van der Waals surface area (Å²) >= 11 is 6.85. The topological polar surface area (TPSA) is 158 Å². The van der Waals surface area contributed by atoms with Crippen LogP contribution in [0.4, 0.5) is 0 Å². The molecule has 4 rings (SSSR count). The van der Waals surface area contributed by atoms with E-state index in [1.54, 1.807) is 39.8 Å². The minimum Gasteiger partial charge on any atom is -0.467 e. The second kappa shape index (κ2) is 14.9. The summed E-state index contributed by atoms with van der Waals surface area (Å²) in [6.45, 7) is 7.59. The quantitative estimate of drug-likeness (QED) is 0.252. The maximum atomic E-state index is 14.2. The smallest absolute Gasteiger partial charge is 0.328 e. The molecule has 250 valence electrons. The summed E-state index contributed by atoms with van der Waals surface area (Å²) in [5, 5.41) is 8.64. The molecule has 0 radical (unpaired) electrons. The van der Waals surface area contributed by atoms with Crippen molar-refractivity contribution in [1.82, 2.24) is 16.0 Å². The van der Waals surface area contributed by atoms with Crippen LogP contribution in [0.25, 0.3) is 0 Å². The number of carbonyl (C=O) groups is 4. The van der Waals surface area contributed by atoms with Crippen molar-refractivity contribution < 1.29 is 33.4 Å². The molecule has 2 fully saturated rings. The number of halogens is 2. The second-order valence-corrected chi connectivity index (χ2v) is 14.4. The average Bonchev–Trinajstić information content (AvgIpc) is 3.63. The van der Waals surface area contributed by atoms with Crippen LogP contribution in [0.15, 0.2) is 57.5 Å². The molecule has 2 aliphatic heterocycles. The van der Waals surface area contributed by atoms with Crippen LogP contribution in [0, 0.1) is 11.8 Å². The minimum atomic E-state index is -1.61. The number of ether oxygens (including phenoxy) is 3. The Morgan fingerprint density at radius 1 is 0.783 bits per heavy atom. The molecule has 0 unspecified atom stereocenters. The highest BCUT2D eigenvalue weighted by Gasteiger charge is 2.54. The molecule has 46 heavy (non-hydrogen) atoms. The van der Waals surface area contributed by atoms with Gasteiger partial charge in [-0.1, -0.05) is 83.8 Å². The number of hydrogen-bond acceptors (Lipinski definition) is 8. The molecule has 0 bridgehead atoms. The van der Waals surface area contributed by atoms with Gasteiger partial charge in [-0.2, -0.15) is 0 Å². The third-order valence-electron chi connectivity index (χ3n) is 8.66. The average molecular weight is 767 g/mol. The molecule has 0 aromatic heterocycles. The molecule has 2 saturated heterocycles. The first-order valence-electron chi connectivity index (χ1n) is 15.3. The van der Waals surface area contributed by atoms with Crippen molar-refractivity contribution in [2.45, 2.75) is 75.9 Å². The van der Waals surface area contributed by atoms with E-state index in [0.717, 1.165) is 14.5 Å². The van der Waals surface area contributed by atoms with E-state index in [0.29, 0.717) is 5.56 Å². The van der Waals surface area contributed by atoms with Gasteiger partial charge in [-0.3, -0.25) is 14.4 Å². The highest BCUT2D eigenvalue weighted by atomic mass is 79.9. The van der Waals surface area contributed by atoms with E-state index in [4.69, 9.17) is 19.9 Å². The fourth-order valence-corrected chi connectivity index (χ4v) is 6.47. The van der Waals surface area contributed by atoms with Gasteiger partial charge in [0.1, 0.15) is 29.8 Å². The summed E-state index contributed by atoms with van der Waals surface area (Å²) in [5.41, 5.74) is 5.08. The Bertz CT molecular complexity index is 1420. The summed E-state index contributed by atoms with van der Waals surface area (Å²) in [5.74, 6) is -3.01. The normalized spacial score (nSPS) is 25.6. The summed E-state index contributed by atoms with van der Waals surface area (Å²) in [7, 11) is 1.25. The molecule has 13 heteroatoms. The summed E-state index contributed by atoms with van der Waals surface area (Å²) in [6, 6.07) is 12.6. The zero-order valence-electron chi connectivity index (χ0n) is 26.6. The van der Waals surface area contributed by atoms with Gasteiger partial charge < -0.3 is 35.9 Å². The van der Waals surface area contributed by atoms with E-state index in [-0.39, 0.29) is 37.9 Å². The molecule has 2 heterocycles. The fraction of sp³-hybridized carbons (Fsp3) is 0.515. The van der Waals surface area contributed by atoms with Crippen LogP contribution in [-0.2, 0) is 33.4 Å². The summed E-state index contributed by atoms with van der Waals surface area (Å²) in [4.78, 5) is 54.9. The number of hydrogen-bond donors (Lipinski definition) is 4. The SMILES string of the molecule is COC(=O)[C@@H](NC(=O)[C@]1(NC(=O)[C@@H](NC(=O)[C@]2(N)CCO[C@@H]2c2ccc(Br)cc2)C(C)C)CCO[C@@H]1c1ccc(Br)cc1)C(C)C. The third-order valence-corrected chi connectivity index (χ3v) is 9.72. The molecule has 0 spiro atoms. The Balaban J connectivity index is 1.65. The lowest BCUT2D eigenvalue weighted by atomic mass is 9.84. The molecule has 0 saturated carbocycles. The molecule has 6 atom stereocenters. The molecule has 3 amide bonds. The van der Waals surface area contributed by atoms with Crippen LogP contribution in [-0.4, -0.2) is 67.2 Å². The lowest BCUT2D eigenvalue weighted by molar-refractivity contribution is -0.148. The molecule has 2 aliphatic rings. The number of amides is 3. The van der Waals surface area contributed by atoms with Crippen LogP contribution >= 0.6 is 31.9 Å². The first-order chi connectivity index (χ1) is 21.7. The first kappa shape index (κ1) is 36.0. The van der Waals surface area contributed by atoms with E-state index in [1.165, 1.54) is 7.11 Å². The maximum Gasteiger partial charge on any atom is 0.328 e. The Morgan fingerprint density at radius 3 is 1.78 bits per heavy atom. The van der Waals surface area contributed by atoms with Gasteiger partial charge in [0.25, 0.3) is 0 Å². The van der Waals surface area contributed by atoms with Gasteiger partial charge >= 0.3 is 5.97 Å². The minimum absolute atomic E-state index is 0.121. The predicted molar refractivity (Wildman–Crippen MR) is 178 cm³/mol. The van der Waals surface area contributed by atoms with Crippen LogP contribution in [0.1, 0.15) is 63.9 Å². The molecular formula is C33H42Br2N4O7.